The highest BCUT2D eigenvalue weighted by Gasteiger charge is 2.07. The van der Waals surface area contributed by atoms with Crippen molar-refractivity contribution in [2.75, 3.05) is 0 Å². The maximum Gasteiger partial charge on any atom is -0.0414 e. The first kappa shape index (κ1) is 22.0. The number of rotatable bonds is 18. The van der Waals surface area contributed by atoms with Crippen LogP contribution in [0.2, 0.25) is 0 Å². The molecule has 0 amide bonds. The lowest BCUT2D eigenvalue weighted by atomic mass is 9.90. The van der Waals surface area contributed by atoms with E-state index in [1.807, 2.05) is 0 Å². The van der Waals surface area contributed by atoms with E-state index < -0.39 is 0 Å². The first-order chi connectivity index (χ1) is 10.8. The van der Waals surface area contributed by atoms with Crippen LogP contribution in [0.3, 0.4) is 0 Å². The van der Waals surface area contributed by atoms with E-state index in [2.05, 4.69) is 20.8 Å². The van der Waals surface area contributed by atoms with Gasteiger partial charge in [-0.3, -0.25) is 0 Å². The van der Waals surface area contributed by atoms with Gasteiger partial charge in [0.15, 0.2) is 0 Å². The van der Waals surface area contributed by atoms with Gasteiger partial charge in [-0.15, -0.1) is 0 Å². The van der Waals surface area contributed by atoms with E-state index in [1.54, 1.807) is 0 Å². The fourth-order valence-corrected chi connectivity index (χ4v) is 3.46. The molecule has 0 rings (SSSR count). The summed E-state index contributed by atoms with van der Waals surface area (Å²) in [6.07, 6.45) is 25.7. The largest absolute Gasteiger partial charge is 0.0654 e. The lowest BCUT2D eigenvalue weighted by Crippen LogP contribution is -2.01. The standard InChI is InChI=1S/C22H45/c1-4-7-10-12-13-14-15-16-18-21-22(19-9-6-3)20-17-11-8-5-2/h22H,2,4-21H2,1,3H3. The highest BCUT2D eigenvalue weighted by molar-refractivity contribution is 4.61. The third-order valence-corrected chi connectivity index (χ3v) is 5.04. The van der Waals surface area contributed by atoms with E-state index >= 15 is 0 Å². The minimum absolute atomic E-state index is 1.02. The molecule has 1 unspecified atom stereocenters. The van der Waals surface area contributed by atoms with Gasteiger partial charge in [-0.2, -0.15) is 0 Å². The molecule has 0 heterocycles. The third kappa shape index (κ3) is 16.4. The summed E-state index contributed by atoms with van der Waals surface area (Å²) in [6, 6.07) is 0. The summed E-state index contributed by atoms with van der Waals surface area (Å²) in [7, 11) is 0. The number of unbranched alkanes of at least 4 members (excludes halogenated alkanes) is 12. The average molecular weight is 310 g/mol. The van der Waals surface area contributed by atoms with E-state index in [9.17, 15) is 0 Å². The first-order valence-electron chi connectivity index (χ1n) is 10.6. The Morgan fingerprint density at radius 1 is 0.500 bits per heavy atom. The Kier molecular flexibility index (Phi) is 19.0. The molecule has 0 aliphatic carbocycles. The van der Waals surface area contributed by atoms with Crippen LogP contribution >= 0.6 is 0 Å². The van der Waals surface area contributed by atoms with Crippen LogP contribution in [0.4, 0.5) is 0 Å². The van der Waals surface area contributed by atoms with Crippen LogP contribution < -0.4 is 0 Å². The predicted molar refractivity (Wildman–Crippen MR) is 103 cm³/mol. The number of hydrogen-bond acceptors (Lipinski definition) is 0. The fourth-order valence-electron chi connectivity index (χ4n) is 3.46. The lowest BCUT2D eigenvalue weighted by Gasteiger charge is -2.16. The Morgan fingerprint density at radius 3 is 1.41 bits per heavy atom. The molecule has 0 N–H and O–H groups in total. The summed E-state index contributed by atoms with van der Waals surface area (Å²) in [5.41, 5.74) is 0. The van der Waals surface area contributed by atoms with Crippen molar-refractivity contribution in [1.29, 1.82) is 0 Å². The molecule has 133 valence electrons. The highest BCUT2D eigenvalue weighted by atomic mass is 14.1. The maximum absolute atomic E-state index is 3.95. The maximum atomic E-state index is 3.95. The second-order valence-corrected chi connectivity index (χ2v) is 7.33. The molecule has 0 aromatic carbocycles. The summed E-state index contributed by atoms with van der Waals surface area (Å²) in [5, 5.41) is 0. The van der Waals surface area contributed by atoms with Crippen molar-refractivity contribution in [3.63, 3.8) is 0 Å². The van der Waals surface area contributed by atoms with Gasteiger partial charge in [0, 0.05) is 0 Å². The topological polar surface area (TPSA) is 0 Å². The molecule has 0 aromatic heterocycles. The van der Waals surface area contributed by atoms with E-state index in [4.69, 9.17) is 0 Å². The summed E-state index contributed by atoms with van der Waals surface area (Å²) in [5.74, 6) is 1.02. The molecule has 0 saturated heterocycles. The molecule has 0 nitrogen and oxygen atoms in total. The van der Waals surface area contributed by atoms with E-state index in [0.717, 1.165) is 12.3 Å². The molecule has 0 bridgehead atoms. The normalized spacial score (nSPS) is 12.7. The molecule has 22 heavy (non-hydrogen) atoms. The van der Waals surface area contributed by atoms with Crippen molar-refractivity contribution in [2.24, 2.45) is 5.92 Å². The molecule has 0 heteroatoms. The van der Waals surface area contributed by atoms with Gasteiger partial charge < -0.3 is 0 Å². The van der Waals surface area contributed by atoms with Crippen LogP contribution in [-0.4, -0.2) is 0 Å². The van der Waals surface area contributed by atoms with Crippen LogP contribution in [0, 0.1) is 12.8 Å². The Labute approximate surface area is 142 Å². The lowest BCUT2D eigenvalue weighted by molar-refractivity contribution is 0.372. The molecule has 1 radical (unpaired) electrons. The molecule has 0 spiro atoms. The van der Waals surface area contributed by atoms with Gasteiger partial charge in [-0.1, -0.05) is 136 Å². The van der Waals surface area contributed by atoms with Gasteiger partial charge >= 0.3 is 0 Å². The fraction of sp³-hybridized carbons (Fsp3) is 0.955. The van der Waals surface area contributed by atoms with Gasteiger partial charge in [-0.25, -0.2) is 0 Å². The van der Waals surface area contributed by atoms with Crippen molar-refractivity contribution in [3.05, 3.63) is 6.92 Å². The van der Waals surface area contributed by atoms with Crippen molar-refractivity contribution < 1.29 is 0 Å². The van der Waals surface area contributed by atoms with Crippen LogP contribution in [0.5, 0.6) is 0 Å². The van der Waals surface area contributed by atoms with Gasteiger partial charge in [0.2, 0.25) is 0 Å². The quantitative estimate of drug-likeness (QED) is 0.223. The third-order valence-electron chi connectivity index (χ3n) is 5.04. The minimum atomic E-state index is 1.02. The first-order valence-corrected chi connectivity index (χ1v) is 10.6. The zero-order valence-electron chi connectivity index (χ0n) is 16.0. The van der Waals surface area contributed by atoms with E-state index in [0.29, 0.717) is 0 Å². The summed E-state index contributed by atoms with van der Waals surface area (Å²) in [4.78, 5) is 0. The van der Waals surface area contributed by atoms with E-state index in [1.165, 1.54) is 109 Å². The Balaban J connectivity index is 3.48. The SMILES string of the molecule is [CH2]CCCCCC(CCCC)CCCCCCCCCCC. The predicted octanol–water partition coefficient (Wildman–Crippen LogP) is 8.50. The second-order valence-electron chi connectivity index (χ2n) is 7.33. The molecule has 0 fully saturated rings. The minimum Gasteiger partial charge on any atom is -0.0654 e. The van der Waals surface area contributed by atoms with Crippen LogP contribution in [0.15, 0.2) is 0 Å². The highest BCUT2D eigenvalue weighted by Crippen LogP contribution is 2.23. The summed E-state index contributed by atoms with van der Waals surface area (Å²) in [6.45, 7) is 8.58. The Morgan fingerprint density at radius 2 is 0.909 bits per heavy atom. The summed E-state index contributed by atoms with van der Waals surface area (Å²) < 4.78 is 0. The molecule has 0 aliphatic heterocycles. The van der Waals surface area contributed by atoms with Crippen LogP contribution in [0.25, 0.3) is 0 Å². The van der Waals surface area contributed by atoms with Gasteiger partial charge in [0.1, 0.15) is 0 Å². The molecule has 0 aliphatic rings. The smallest absolute Gasteiger partial charge is 0.0414 e. The monoisotopic (exact) mass is 309 g/mol. The van der Waals surface area contributed by atoms with Crippen molar-refractivity contribution >= 4 is 0 Å². The van der Waals surface area contributed by atoms with Gasteiger partial charge in [0.25, 0.3) is 0 Å². The Bertz CT molecular complexity index is 184. The van der Waals surface area contributed by atoms with Crippen LogP contribution in [-0.2, 0) is 0 Å². The van der Waals surface area contributed by atoms with E-state index in [-0.39, 0.29) is 0 Å². The molecule has 1 atom stereocenters. The average Bonchev–Trinajstić information content (AvgIpc) is 2.54. The Hall–Kier alpha value is 0. The molecular weight excluding hydrogens is 264 g/mol. The second kappa shape index (κ2) is 19.0. The van der Waals surface area contributed by atoms with Gasteiger partial charge in [0.05, 0.1) is 0 Å². The molecule has 0 saturated carbocycles. The number of hydrogen-bond donors (Lipinski definition) is 0. The van der Waals surface area contributed by atoms with Crippen molar-refractivity contribution in [3.8, 4) is 0 Å². The zero-order chi connectivity index (χ0) is 16.3. The van der Waals surface area contributed by atoms with Crippen LogP contribution in [0.1, 0.15) is 129 Å². The summed E-state index contributed by atoms with van der Waals surface area (Å²) >= 11 is 0. The molecule has 0 aromatic rings. The zero-order valence-corrected chi connectivity index (χ0v) is 16.0. The van der Waals surface area contributed by atoms with Crippen molar-refractivity contribution in [1.82, 2.24) is 0 Å². The van der Waals surface area contributed by atoms with Gasteiger partial charge in [-0.05, 0) is 5.92 Å². The van der Waals surface area contributed by atoms with Crippen molar-refractivity contribution in [2.45, 2.75) is 129 Å². The molecular formula is C22H45.